The minimum atomic E-state index is -1.72. The molecule has 1 fully saturated rings. The van der Waals surface area contributed by atoms with Crippen LogP contribution < -0.4 is 10.3 Å². The maximum atomic E-state index is 12.8. The number of para-hydroxylation sites is 2. The zero-order valence-corrected chi connectivity index (χ0v) is 16.1. The molecule has 7 nitrogen and oxygen atoms in total. The van der Waals surface area contributed by atoms with Crippen LogP contribution in [0.1, 0.15) is 13.8 Å². The number of benzene rings is 2. The molecule has 28 heavy (non-hydrogen) atoms. The molecule has 1 atom stereocenters. The first kappa shape index (κ1) is 19.6. The molecule has 0 radical (unpaired) electrons. The van der Waals surface area contributed by atoms with Crippen molar-refractivity contribution in [2.75, 3.05) is 16.9 Å². The predicted octanol–water partition coefficient (Wildman–Crippen LogP) is 3.05. The van der Waals surface area contributed by atoms with Crippen molar-refractivity contribution in [1.82, 2.24) is 0 Å². The number of carbonyl (C=O) groups excluding carboxylic acids is 3. The molecule has 8 heteroatoms. The van der Waals surface area contributed by atoms with Crippen molar-refractivity contribution >= 4 is 46.3 Å². The van der Waals surface area contributed by atoms with E-state index in [4.69, 9.17) is 16.3 Å². The Morgan fingerprint density at radius 3 is 2.43 bits per heavy atom. The number of amides is 1. The Bertz CT molecular complexity index is 961. The first-order valence-electron chi connectivity index (χ1n) is 8.61. The van der Waals surface area contributed by atoms with Crippen molar-refractivity contribution in [3.05, 3.63) is 59.6 Å². The molecule has 1 aliphatic rings. The topological polar surface area (TPSA) is 88.1 Å². The van der Waals surface area contributed by atoms with Crippen molar-refractivity contribution in [3.63, 3.8) is 0 Å². The van der Waals surface area contributed by atoms with Gasteiger partial charge >= 0.3 is 11.9 Å². The second kappa shape index (κ2) is 7.82. The zero-order chi connectivity index (χ0) is 20.3. The van der Waals surface area contributed by atoms with Gasteiger partial charge in [-0.05, 0) is 38.1 Å². The largest absolute Gasteiger partial charge is 0.464 e. The van der Waals surface area contributed by atoms with Gasteiger partial charge in [0, 0.05) is 5.69 Å². The summed E-state index contributed by atoms with van der Waals surface area (Å²) in [5.41, 5.74) is 1.51. The lowest BCUT2D eigenvalue weighted by atomic mass is 9.95. The number of esters is 1. The third-order valence-electron chi connectivity index (χ3n) is 4.37. The van der Waals surface area contributed by atoms with E-state index in [1.165, 1.54) is 6.92 Å². The van der Waals surface area contributed by atoms with Crippen molar-refractivity contribution in [1.29, 1.82) is 0 Å². The average Bonchev–Trinajstić information content (AvgIpc) is 2.89. The van der Waals surface area contributed by atoms with Crippen LogP contribution in [0.3, 0.4) is 0 Å². The van der Waals surface area contributed by atoms with E-state index < -0.39 is 23.2 Å². The molecule has 1 amide bonds. The summed E-state index contributed by atoms with van der Waals surface area (Å²) >= 11 is 6.10. The highest BCUT2D eigenvalue weighted by Gasteiger charge is 2.60. The minimum absolute atomic E-state index is 0.0880. The number of hydrogen-bond acceptors (Lipinski definition) is 6. The van der Waals surface area contributed by atoms with Crippen LogP contribution in [0.25, 0.3) is 0 Å². The first-order valence-corrected chi connectivity index (χ1v) is 8.99. The van der Waals surface area contributed by atoms with E-state index in [-0.39, 0.29) is 12.3 Å². The SMILES string of the molecule is CCOC(=O)[C@]1(C)/C(=N\Nc2ccccc2Cl)C(=O)C(=O)N1c1ccccc1. The highest BCUT2D eigenvalue weighted by Crippen LogP contribution is 2.33. The first-order chi connectivity index (χ1) is 13.4. The molecular formula is C20H18ClN3O4. The summed E-state index contributed by atoms with van der Waals surface area (Å²) in [7, 11) is 0. The molecule has 0 aromatic heterocycles. The summed E-state index contributed by atoms with van der Waals surface area (Å²) in [4.78, 5) is 39.4. The molecule has 1 aliphatic heterocycles. The Kier molecular flexibility index (Phi) is 5.46. The molecule has 0 bridgehead atoms. The molecular weight excluding hydrogens is 382 g/mol. The number of hydrazone groups is 1. The molecule has 2 aromatic rings. The molecule has 0 aliphatic carbocycles. The molecule has 0 spiro atoms. The monoisotopic (exact) mass is 399 g/mol. The number of nitrogens with one attached hydrogen (secondary N) is 1. The molecule has 2 aromatic carbocycles. The smallest absolute Gasteiger partial charge is 0.338 e. The number of nitrogens with zero attached hydrogens (tertiary/aromatic N) is 2. The van der Waals surface area contributed by atoms with Gasteiger partial charge < -0.3 is 4.74 Å². The second-order valence-corrected chi connectivity index (χ2v) is 6.56. The normalized spacial score (nSPS) is 20.5. The van der Waals surface area contributed by atoms with Crippen molar-refractivity contribution < 1.29 is 19.1 Å². The van der Waals surface area contributed by atoms with Gasteiger partial charge in [0.1, 0.15) is 0 Å². The third-order valence-corrected chi connectivity index (χ3v) is 4.70. The number of halogens is 1. The van der Waals surface area contributed by atoms with Gasteiger partial charge in [-0.3, -0.25) is 19.9 Å². The molecule has 3 rings (SSSR count). The second-order valence-electron chi connectivity index (χ2n) is 6.15. The lowest BCUT2D eigenvalue weighted by Gasteiger charge is -2.31. The quantitative estimate of drug-likeness (QED) is 0.474. The zero-order valence-electron chi connectivity index (χ0n) is 15.3. The fourth-order valence-electron chi connectivity index (χ4n) is 2.97. The Balaban J connectivity index is 2.10. The number of hydrogen-bond donors (Lipinski definition) is 1. The van der Waals surface area contributed by atoms with Gasteiger partial charge in [-0.15, -0.1) is 0 Å². The van der Waals surface area contributed by atoms with Gasteiger partial charge in [0.05, 0.1) is 17.3 Å². The minimum Gasteiger partial charge on any atom is -0.464 e. The number of Topliss-reactive ketones (excluding diaryl/α,β-unsaturated/α-hetero) is 1. The van der Waals surface area contributed by atoms with E-state index in [0.717, 1.165) is 4.90 Å². The van der Waals surface area contributed by atoms with Crippen molar-refractivity contribution in [2.24, 2.45) is 5.10 Å². The number of ether oxygens (including phenoxy) is 1. The predicted molar refractivity (Wildman–Crippen MR) is 106 cm³/mol. The van der Waals surface area contributed by atoms with Gasteiger partial charge in [0.15, 0.2) is 11.3 Å². The molecule has 0 saturated carbocycles. The van der Waals surface area contributed by atoms with E-state index in [1.54, 1.807) is 61.5 Å². The lowest BCUT2D eigenvalue weighted by molar-refractivity contribution is -0.147. The highest BCUT2D eigenvalue weighted by molar-refractivity contribution is 6.75. The maximum Gasteiger partial charge on any atom is 0.338 e. The summed E-state index contributed by atoms with van der Waals surface area (Å²) in [6.45, 7) is 3.17. The fraction of sp³-hybridized carbons (Fsp3) is 0.200. The maximum absolute atomic E-state index is 12.8. The summed E-state index contributed by atoms with van der Waals surface area (Å²) in [5, 5.41) is 4.46. The summed E-state index contributed by atoms with van der Waals surface area (Å²) in [6, 6.07) is 15.2. The molecule has 1 N–H and O–H groups in total. The Labute approximate surface area is 166 Å². The van der Waals surface area contributed by atoms with Crippen molar-refractivity contribution in [3.8, 4) is 0 Å². The van der Waals surface area contributed by atoms with Crippen LogP contribution in [0.2, 0.25) is 5.02 Å². The van der Waals surface area contributed by atoms with Gasteiger partial charge in [-0.2, -0.15) is 5.10 Å². The van der Waals surface area contributed by atoms with Gasteiger partial charge in [0.2, 0.25) is 0 Å². The molecule has 0 unspecified atom stereocenters. The van der Waals surface area contributed by atoms with E-state index >= 15 is 0 Å². The van der Waals surface area contributed by atoms with Gasteiger partial charge in [-0.1, -0.05) is 41.9 Å². The number of rotatable bonds is 5. The van der Waals surface area contributed by atoms with Gasteiger partial charge in [-0.25, -0.2) is 4.79 Å². The molecule has 1 saturated heterocycles. The lowest BCUT2D eigenvalue weighted by Crippen LogP contribution is -2.55. The van der Waals surface area contributed by atoms with Crippen LogP contribution in [0.4, 0.5) is 11.4 Å². The Morgan fingerprint density at radius 2 is 1.79 bits per heavy atom. The van der Waals surface area contributed by atoms with Gasteiger partial charge in [0.25, 0.3) is 5.78 Å². The van der Waals surface area contributed by atoms with Crippen LogP contribution in [-0.2, 0) is 19.1 Å². The fourth-order valence-corrected chi connectivity index (χ4v) is 3.15. The highest BCUT2D eigenvalue weighted by atomic mass is 35.5. The molecule has 144 valence electrons. The van der Waals surface area contributed by atoms with E-state index in [0.29, 0.717) is 16.4 Å². The Morgan fingerprint density at radius 1 is 1.14 bits per heavy atom. The summed E-state index contributed by atoms with van der Waals surface area (Å²) in [6.07, 6.45) is 0. The summed E-state index contributed by atoms with van der Waals surface area (Å²) in [5.74, 6) is -2.50. The molecule has 1 heterocycles. The number of anilines is 2. The average molecular weight is 400 g/mol. The number of carbonyl (C=O) groups is 3. The number of ketones is 1. The van der Waals surface area contributed by atoms with Crippen LogP contribution in [0.15, 0.2) is 59.7 Å². The standard InChI is InChI=1S/C20H18ClN3O4/c1-3-28-19(27)20(2)17(23-22-15-12-8-7-11-14(15)21)16(25)18(26)24(20)13-9-5-4-6-10-13/h4-12,22H,3H2,1-2H3/b23-17-/t20-/m0/s1. The van der Waals surface area contributed by atoms with Crippen LogP contribution >= 0.6 is 11.6 Å². The van der Waals surface area contributed by atoms with Crippen LogP contribution in [-0.4, -0.2) is 35.5 Å². The van der Waals surface area contributed by atoms with Crippen LogP contribution in [0, 0.1) is 0 Å². The third kappa shape index (κ3) is 3.25. The van der Waals surface area contributed by atoms with E-state index in [2.05, 4.69) is 10.5 Å². The van der Waals surface area contributed by atoms with E-state index in [9.17, 15) is 14.4 Å². The van der Waals surface area contributed by atoms with Crippen LogP contribution in [0.5, 0.6) is 0 Å². The van der Waals surface area contributed by atoms with Crippen molar-refractivity contribution in [2.45, 2.75) is 19.4 Å². The van der Waals surface area contributed by atoms with E-state index in [1.807, 2.05) is 0 Å². The Hall–Kier alpha value is -3.19. The summed E-state index contributed by atoms with van der Waals surface area (Å²) < 4.78 is 5.16.